The average Bonchev–Trinajstić information content (AvgIpc) is 2.37. The van der Waals surface area contributed by atoms with Gasteiger partial charge in [0, 0.05) is 24.3 Å². The topological polar surface area (TPSA) is 55.4 Å². The summed E-state index contributed by atoms with van der Waals surface area (Å²) in [6.07, 6.45) is 0.573. The molecule has 4 heteroatoms. The monoisotopic (exact) mass is 289 g/mol. The van der Waals surface area contributed by atoms with Gasteiger partial charge in [-0.2, -0.15) is 0 Å². The van der Waals surface area contributed by atoms with E-state index in [0.29, 0.717) is 12.6 Å². The molecule has 0 bridgehead atoms. The first-order chi connectivity index (χ1) is 9.77. The molecule has 2 rings (SSSR count). The van der Waals surface area contributed by atoms with Crippen molar-refractivity contribution in [2.45, 2.75) is 52.6 Å². The Morgan fingerprint density at radius 2 is 2.10 bits per heavy atom. The van der Waals surface area contributed by atoms with Gasteiger partial charge in [-0.05, 0) is 42.9 Å². The summed E-state index contributed by atoms with van der Waals surface area (Å²) in [4.78, 5) is 12.8. The van der Waals surface area contributed by atoms with Gasteiger partial charge in [0.2, 0.25) is 0 Å². The standard InChI is InChI=1S/C17H26N2O2/c1-12-6-5-7-13(10-12)18-14-8-9-19(16(20)21)15(11-14)17(2,3)4/h5-7,10,14-15,18H,8-9,11H2,1-4H3,(H,20,21)/p-1. The van der Waals surface area contributed by atoms with Crippen molar-refractivity contribution < 1.29 is 9.90 Å². The highest BCUT2D eigenvalue weighted by molar-refractivity contribution is 5.63. The van der Waals surface area contributed by atoms with Crippen molar-refractivity contribution in [3.63, 3.8) is 0 Å². The number of amides is 1. The number of carbonyl (C=O) groups is 1. The molecule has 1 aliphatic heterocycles. The molecule has 1 aliphatic rings. The van der Waals surface area contributed by atoms with Crippen LogP contribution in [0.4, 0.5) is 10.5 Å². The van der Waals surface area contributed by atoms with Crippen LogP contribution in [0.3, 0.4) is 0 Å². The molecule has 21 heavy (non-hydrogen) atoms. The van der Waals surface area contributed by atoms with E-state index in [1.165, 1.54) is 10.5 Å². The molecule has 2 unspecified atom stereocenters. The van der Waals surface area contributed by atoms with Gasteiger partial charge in [-0.15, -0.1) is 0 Å². The van der Waals surface area contributed by atoms with Gasteiger partial charge in [0.15, 0.2) is 0 Å². The number of likely N-dealkylation sites (tertiary alicyclic amines) is 1. The number of piperidine rings is 1. The summed E-state index contributed by atoms with van der Waals surface area (Å²) in [7, 11) is 0. The molecule has 2 atom stereocenters. The third-order valence-corrected chi connectivity index (χ3v) is 4.23. The number of hydrogen-bond donors (Lipinski definition) is 1. The molecular weight excluding hydrogens is 264 g/mol. The predicted molar refractivity (Wildman–Crippen MR) is 83.2 cm³/mol. The van der Waals surface area contributed by atoms with Gasteiger partial charge in [0.05, 0.1) is 0 Å². The third-order valence-electron chi connectivity index (χ3n) is 4.23. The van der Waals surface area contributed by atoms with Crippen molar-refractivity contribution in [2.24, 2.45) is 5.41 Å². The molecule has 1 amide bonds. The lowest BCUT2D eigenvalue weighted by molar-refractivity contribution is -0.271. The maximum atomic E-state index is 11.3. The van der Waals surface area contributed by atoms with E-state index >= 15 is 0 Å². The number of rotatable bonds is 2. The van der Waals surface area contributed by atoms with E-state index in [4.69, 9.17) is 0 Å². The van der Waals surface area contributed by atoms with Gasteiger partial charge in [0.1, 0.15) is 6.09 Å². The number of hydrogen-bond acceptors (Lipinski definition) is 3. The molecule has 116 valence electrons. The lowest BCUT2D eigenvalue weighted by Crippen LogP contribution is -2.57. The van der Waals surface area contributed by atoms with Crippen molar-refractivity contribution in [3.8, 4) is 0 Å². The molecule has 0 spiro atoms. The summed E-state index contributed by atoms with van der Waals surface area (Å²) in [6, 6.07) is 8.57. The van der Waals surface area contributed by atoms with E-state index in [2.05, 4.69) is 51.2 Å². The maximum Gasteiger partial charge on any atom is 0.137 e. The van der Waals surface area contributed by atoms with E-state index in [0.717, 1.165) is 18.5 Å². The molecule has 0 saturated carbocycles. The first-order valence-electron chi connectivity index (χ1n) is 7.58. The lowest BCUT2D eigenvalue weighted by Gasteiger charge is -2.47. The van der Waals surface area contributed by atoms with Crippen LogP contribution in [0, 0.1) is 12.3 Å². The van der Waals surface area contributed by atoms with Crippen molar-refractivity contribution >= 4 is 11.8 Å². The fourth-order valence-electron chi connectivity index (χ4n) is 3.11. The van der Waals surface area contributed by atoms with Crippen LogP contribution in [0.5, 0.6) is 0 Å². The maximum absolute atomic E-state index is 11.3. The normalized spacial score (nSPS) is 23.0. The Labute approximate surface area is 127 Å². The second-order valence-corrected chi connectivity index (χ2v) is 7.08. The van der Waals surface area contributed by atoms with Gasteiger partial charge in [-0.25, -0.2) is 0 Å². The summed E-state index contributed by atoms with van der Waals surface area (Å²) >= 11 is 0. The van der Waals surface area contributed by atoms with Crippen LogP contribution in [0.2, 0.25) is 0 Å². The second kappa shape index (κ2) is 5.96. The minimum atomic E-state index is -1.05. The van der Waals surface area contributed by atoms with Crippen LogP contribution in [-0.4, -0.2) is 29.6 Å². The predicted octanol–water partition coefficient (Wildman–Crippen LogP) is 2.63. The Morgan fingerprint density at radius 3 is 2.67 bits per heavy atom. The van der Waals surface area contributed by atoms with Crippen LogP contribution < -0.4 is 10.4 Å². The summed E-state index contributed by atoms with van der Waals surface area (Å²) in [5.41, 5.74) is 2.24. The van der Waals surface area contributed by atoms with Crippen LogP contribution in [0.25, 0.3) is 0 Å². The van der Waals surface area contributed by atoms with Gasteiger partial charge >= 0.3 is 0 Å². The number of benzene rings is 1. The molecule has 1 aromatic carbocycles. The van der Waals surface area contributed by atoms with E-state index in [9.17, 15) is 9.90 Å². The fourth-order valence-corrected chi connectivity index (χ4v) is 3.11. The van der Waals surface area contributed by atoms with Crippen molar-refractivity contribution in [1.29, 1.82) is 0 Å². The smallest absolute Gasteiger partial charge is 0.137 e. The van der Waals surface area contributed by atoms with E-state index in [-0.39, 0.29) is 11.5 Å². The number of anilines is 1. The zero-order valence-electron chi connectivity index (χ0n) is 13.3. The van der Waals surface area contributed by atoms with Crippen LogP contribution >= 0.6 is 0 Å². The fraction of sp³-hybridized carbons (Fsp3) is 0.588. The molecule has 4 nitrogen and oxygen atoms in total. The molecule has 1 N–H and O–H groups in total. The van der Waals surface area contributed by atoms with Gasteiger partial charge in [0.25, 0.3) is 0 Å². The number of nitrogens with one attached hydrogen (secondary N) is 1. The largest absolute Gasteiger partial charge is 0.530 e. The zero-order valence-corrected chi connectivity index (χ0v) is 13.3. The summed E-state index contributed by atoms with van der Waals surface area (Å²) < 4.78 is 0. The summed E-state index contributed by atoms with van der Waals surface area (Å²) in [6.45, 7) is 8.86. The van der Waals surface area contributed by atoms with Crippen molar-refractivity contribution in [1.82, 2.24) is 4.90 Å². The minimum absolute atomic E-state index is 0.0152. The second-order valence-electron chi connectivity index (χ2n) is 7.08. The molecule has 0 aliphatic carbocycles. The molecule has 1 heterocycles. The number of aryl methyl sites for hydroxylation is 1. The molecular formula is C17H25N2O2-. The highest BCUT2D eigenvalue weighted by Gasteiger charge is 2.36. The van der Waals surface area contributed by atoms with Crippen LogP contribution in [0.15, 0.2) is 24.3 Å². The highest BCUT2D eigenvalue weighted by Crippen LogP contribution is 2.32. The van der Waals surface area contributed by atoms with Gasteiger partial charge in [-0.1, -0.05) is 32.9 Å². The Morgan fingerprint density at radius 1 is 1.38 bits per heavy atom. The lowest BCUT2D eigenvalue weighted by atomic mass is 9.79. The summed E-state index contributed by atoms with van der Waals surface area (Å²) in [5, 5.41) is 14.9. The molecule has 1 aromatic rings. The van der Waals surface area contributed by atoms with Crippen molar-refractivity contribution in [3.05, 3.63) is 29.8 Å². The first-order valence-corrected chi connectivity index (χ1v) is 7.58. The number of carboxylic acid groups (broad SMARTS) is 1. The van der Waals surface area contributed by atoms with Gasteiger partial charge < -0.3 is 20.1 Å². The van der Waals surface area contributed by atoms with Gasteiger partial charge in [-0.3, -0.25) is 0 Å². The number of carbonyl (C=O) groups excluding carboxylic acids is 1. The molecule has 0 radical (unpaired) electrons. The van der Waals surface area contributed by atoms with Crippen molar-refractivity contribution in [2.75, 3.05) is 11.9 Å². The van der Waals surface area contributed by atoms with Crippen LogP contribution in [-0.2, 0) is 0 Å². The Bertz CT molecular complexity index is 508. The average molecular weight is 289 g/mol. The third kappa shape index (κ3) is 3.90. The Balaban J connectivity index is 2.09. The molecule has 0 aromatic heterocycles. The SMILES string of the molecule is Cc1cccc(NC2CCN(C(=O)[O-])C(C(C)(C)C)C2)c1. The minimum Gasteiger partial charge on any atom is -0.530 e. The Kier molecular flexibility index (Phi) is 4.45. The molecule has 1 fully saturated rings. The zero-order chi connectivity index (χ0) is 15.6. The summed E-state index contributed by atoms with van der Waals surface area (Å²) in [5.74, 6) is 0. The first kappa shape index (κ1) is 15.7. The van der Waals surface area contributed by atoms with Crippen LogP contribution in [0.1, 0.15) is 39.2 Å². The highest BCUT2D eigenvalue weighted by atomic mass is 16.4. The van der Waals surface area contributed by atoms with E-state index in [1.54, 1.807) is 0 Å². The Hall–Kier alpha value is -1.71. The molecule has 1 saturated heterocycles. The van der Waals surface area contributed by atoms with E-state index in [1.807, 2.05) is 6.07 Å². The number of nitrogens with zero attached hydrogens (tertiary/aromatic N) is 1. The van der Waals surface area contributed by atoms with E-state index < -0.39 is 6.09 Å². The quantitative estimate of drug-likeness (QED) is 0.910.